The zero-order valence-electron chi connectivity index (χ0n) is 16.9. The first-order valence-corrected chi connectivity index (χ1v) is 10.6. The van der Waals surface area contributed by atoms with Crippen molar-refractivity contribution in [3.05, 3.63) is 78.5 Å². The van der Waals surface area contributed by atoms with Crippen molar-refractivity contribution >= 4 is 49.7 Å². The molecule has 1 amide bonds. The van der Waals surface area contributed by atoms with Crippen LogP contribution in [0.3, 0.4) is 0 Å². The van der Waals surface area contributed by atoms with Crippen LogP contribution in [0.1, 0.15) is 21.6 Å². The maximum absolute atomic E-state index is 12.5. The van der Waals surface area contributed by atoms with Gasteiger partial charge in [-0.25, -0.2) is 5.43 Å². The zero-order chi connectivity index (χ0) is 23.3. The van der Waals surface area contributed by atoms with Crippen molar-refractivity contribution in [3.63, 3.8) is 0 Å². The normalized spacial score (nSPS) is 10.9. The van der Waals surface area contributed by atoms with E-state index in [0.29, 0.717) is 32.6 Å². The number of nitrogens with zero attached hydrogens (tertiary/aromatic N) is 4. The van der Waals surface area contributed by atoms with Crippen molar-refractivity contribution < 1.29 is 19.2 Å². The van der Waals surface area contributed by atoms with Crippen molar-refractivity contribution in [1.29, 1.82) is 0 Å². The van der Waals surface area contributed by atoms with Crippen LogP contribution in [0, 0.1) is 10.1 Å². The molecule has 2 aromatic carbocycles. The molecule has 0 aliphatic heterocycles. The van der Waals surface area contributed by atoms with Crippen molar-refractivity contribution in [1.82, 2.24) is 15.2 Å². The molecule has 1 N–H and O–H groups in total. The lowest BCUT2D eigenvalue weighted by atomic mass is 10.2. The lowest BCUT2D eigenvalue weighted by Gasteiger charge is -2.10. The van der Waals surface area contributed by atoms with Crippen molar-refractivity contribution in [2.24, 2.45) is 5.10 Å². The van der Waals surface area contributed by atoms with Gasteiger partial charge in [-0.3, -0.25) is 19.6 Å². The molecule has 1 aromatic heterocycles. The monoisotopic (exact) mass is 565 g/mol. The van der Waals surface area contributed by atoms with Crippen LogP contribution in [-0.2, 0) is 6.54 Å². The minimum absolute atomic E-state index is 0.00911. The first-order valence-electron chi connectivity index (χ1n) is 9.03. The summed E-state index contributed by atoms with van der Waals surface area (Å²) in [6.07, 6.45) is 3.11. The van der Waals surface area contributed by atoms with Gasteiger partial charge in [0.1, 0.15) is 0 Å². The van der Waals surface area contributed by atoms with Gasteiger partial charge in [-0.05, 0) is 55.1 Å². The zero-order valence-corrected chi connectivity index (χ0v) is 20.1. The van der Waals surface area contributed by atoms with Gasteiger partial charge in [-0.15, -0.1) is 0 Å². The predicted octanol–water partition coefficient (Wildman–Crippen LogP) is 4.15. The average molecular weight is 567 g/mol. The van der Waals surface area contributed by atoms with E-state index in [2.05, 4.69) is 47.5 Å². The van der Waals surface area contributed by atoms with E-state index in [9.17, 15) is 14.9 Å². The molecule has 0 radical (unpaired) electrons. The van der Waals surface area contributed by atoms with Crippen LogP contribution in [0.25, 0.3) is 0 Å². The van der Waals surface area contributed by atoms with Gasteiger partial charge in [-0.1, -0.05) is 12.1 Å². The minimum Gasteiger partial charge on any atom is -0.493 e. The summed E-state index contributed by atoms with van der Waals surface area (Å²) in [6, 6.07) is 9.60. The third-order valence-electron chi connectivity index (χ3n) is 4.26. The van der Waals surface area contributed by atoms with Crippen LogP contribution in [0.4, 0.5) is 5.69 Å². The number of nitrogens with one attached hydrogen (secondary N) is 1. The molecule has 0 saturated carbocycles. The Balaban J connectivity index is 1.68. The Bertz CT molecular complexity index is 1180. The summed E-state index contributed by atoms with van der Waals surface area (Å²) in [5, 5.41) is 19.0. The smallest absolute Gasteiger partial charge is 0.293 e. The van der Waals surface area contributed by atoms with Gasteiger partial charge in [0.2, 0.25) is 0 Å². The fourth-order valence-electron chi connectivity index (χ4n) is 2.77. The molecule has 0 aliphatic carbocycles. The first-order chi connectivity index (χ1) is 15.3. The molecule has 0 spiro atoms. The molecule has 0 unspecified atom stereocenters. The number of nitro benzene ring substituents is 1. The van der Waals surface area contributed by atoms with E-state index < -0.39 is 10.8 Å². The molecular weight excluding hydrogens is 550 g/mol. The summed E-state index contributed by atoms with van der Waals surface area (Å²) in [6.45, 7) is 0.340. The molecule has 0 aliphatic rings. The largest absolute Gasteiger partial charge is 0.493 e. The summed E-state index contributed by atoms with van der Waals surface area (Å²) in [7, 11) is 3.06. The van der Waals surface area contributed by atoms with Gasteiger partial charge in [0.25, 0.3) is 11.6 Å². The highest BCUT2D eigenvalue weighted by molar-refractivity contribution is 9.10. The Hall–Kier alpha value is -3.25. The molecule has 166 valence electrons. The number of carbonyl (C=O) groups is 1. The second-order valence-corrected chi connectivity index (χ2v) is 8.09. The highest BCUT2D eigenvalue weighted by Gasteiger charge is 2.15. The Morgan fingerprint density at radius 1 is 1.22 bits per heavy atom. The van der Waals surface area contributed by atoms with E-state index in [-0.39, 0.29) is 11.4 Å². The number of hydrazone groups is 1. The standard InChI is InChI=1S/C20H17Br2N5O5/c1-31-17-8-13(7-15(21)19(17)32-2)9-23-24-20(28)18-16(22)11-26(25-18)10-12-3-5-14(6-4-12)27(29)30/h3-9,11H,10H2,1-2H3,(H,24,28). The Kier molecular flexibility index (Phi) is 7.59. The maximum atomic E-state index is 12.5. The molecule has 0 fully saturated rings. The average Bonchev–Trinajstić information content (AvgIpc) is 3.13. The second kappa shape index (κ2) is 10.4. The van der Waals surface area contributed by atoms with E-state index in [1.54, 1.807) is 35.1 Å². The second-order valence-electron chi connectivity index (χ2n) is 6.38. The topological polar surface area (TPSA) is 121 Å². The highest BCUT2D eigenvalue weighted by Crippen LogP contribution is 2.35. The molecule has 0 bridgehead atoms. The van der Waals surface area contributed by atoms with E-state index in [1.807, 2.05) is 0 Å². The van der Waals surface area contributed by atoms with Crippen LogP contribution in [0.2, 0.25) is 0 Å². The molecule has 3 rings (SSSR count). The van der Waals surface area contributed by atoms with Gasteiger partial charge < -0.3 is 9.47 Å². The lowest BCUT2D eigenvalue weighted by molar-refractivity contribution is -0.384. The number of rotatable bonds is 8. The summed E-state index contributed by atoms with van der Waals surface area (Å²) < 4.78 is 13.3. The number of non-ortho nitro benzene ring substituents is 1. The lowest BCUT2D eigenvalue weighted by Crippen LogP contribution is -2.19. The minimum atomic E-state index is -0.505. The number of halogens is 2. The van der Waals surface area contributed by atoms with Gasteiger partial charge in [-0.2, -0.15) is 10.2 Å². The van der Waals surface area contributed by atoms with Crippen LogP contribution in [0.5, 0.6) is 11.5 Å². The number of methoxy groups -OCH3 is 2. The summed E-state index contributed by atoms with van der Waals surface area (Å²) in [5.74, 6) is 0.564. The number of amides is 1. The molecule has 10 nitrogen and oxygen atoms in total. The van der Waals surface area contributed by atoms with Crippen LogP contribution in [-0.4, -0.2) is 41.0 Å². The quantitative estimate of drug-likeness (QED) is 0.248. The van der Waals surface area contributed by atoms with Crippen LogP contribution in [0.15, 0.2) is 56.6 Å². The molecule has 0 atom stereocenters. The number of hydrogen-bond donors (Lipinski definition) is 1. The first kappa shape index (κ1) is 23.4. The molecule has 3 aromatic rings. The number of nitro groups is 1. The van der Waals surface area contributed by atoms with Gasteiger partial charge in [0.05, 0.1) is 40.8 Å². The SMILES string of the molecule is COc1cc(C=NNC(=O)c2nn(Cc3ccc([N+](=O)[O-])cc3)cc2Br)cc(Br)c1OC. The van der Waals surface area contributed by atoms with Crippen molar-refractivity contribution in [3.8, 4) is 11.5 Å². The predicted molar refractivity (Wildman–Crippen MR) is 124 cm³/mol. The fourth-order valence-corrected chi connectivity index (χ4v) is 3.89. The van der Waals surface area contributed by atoms with Crippen LogP contribution >= 0.6 is 31.9 Å². The van der Waals surface area contributed by atoms with Crippen LogP contribution < -0.4 is 14.9 Å². The van der Waals surface area contributed by atoms with Gasteiger partial charge in [0, 0.05) is 18.3 Å². The molecule has 12 heteroatoms. The number of benzene rings is 2. The number of carbonyl (C=O) groups excluding carboxylic acids is 1. The Labute approximate surface area is 199 Å². The van der Waals surface area contributed by atoms with Gasteiger partial charge in [0.15, 0.2) is 17.2 Å². The highest BCUT2D eigenvalue weighted by atomic mass is 79.9. The number of aromatic nitrogens is 2. The van der Waals surface area contributed by atoms with E-state index in [0.717, 1.165) is 5.56 Å². The summed E-state index contributed by atoms with van der Waals surface area (Å²) in [5.41, 5.74) is 4.07. The van der Waals surface area contributed by atoms with Crippen molar-refractivity contribution in [2.75, 3.05) is 14.2 Å². The number of ether oxygens (including phenoxy) is 2. The Morgan fingerprint density at radius 2 is 1.94 bits per heavy atom. The summed E-state index contributed by atoms with van der Waals surface area (Å²) in [4.78, 5) is 22.8. The van der Waals surface area contributed by atoms with E-state index in [1.165, 1.54) is 32.6 Å². The molecule has 0 saturated heterocycles. The fraction of sp³-hybridized carbons (Fsp3) is 0.150. The van der Waals surface area contributed by atoms with E-state index in [4.69, 9.17) is 9.47 Å². The third kappa shape index (κ3) is 5.51. The summed E-state index contributed by atoms with van der Waals surface area (Å²) >= 11 is 6.72. The van der Waals surface area contributed by atoms with Crippen molar-refractivity contribution in [2.45, 2.75) is 6.54 Å². The number of hydrogen-bond acceptors (Lipinski definition) is 7. The van der Waals surface area contributed by atoms with Gasteiger partial charge >= 0.3 is 0 Å². The maximum Gasteiger partial charge on any atom is 0.293 e. The third-order valence-corrected chi connectivity index (χ3v) is 5.43. The Morgan fingerprint density at radius 3 is 2.56 bits per heavy atom. The molecule has 32 heavy (non-hydrogen) atoms. The molecular formula is C20H17Br2N5O5. The molecule has 1 heterocycles. The van der Waals surface area contributed by atoms with E-state index >= 15 is 0 Å².